The van der Waals surface area contributed by atoms with Crippen LogP contribution in [0.5, 0.6) is 0 Å². The molecule has 126 valence electrons. The predicted octanol–water partition coefficient (Wildman–Crippen LogP) is 7.01. The fraction of sp³-hybridized carbons (Fsp3) is 0.636. The third-order valence-electron chi connectivity index (χ3n) is 6.38. The van der Waals surface area contributed by atoms with Crippen molar-refractivity contribution in [2.45, 2.75) is 71.1 Å². The fourth-order valence-corrected chi connectivity index (χ4v) is 4.75. The van der Waals surface area contributed by atoms with E-state index in [-0.39, 0.29) is 5.82 Å². The van der Waals surface area contributed by atoms with Crippen molar-refractivity contribution >= 4 is 6.08 Å². The molecule has 0 atom stereocenters. The largest absolute Gasteiger partial charge is 0.207 e. The van der Waals surface area contributed by atoms with Crippen LogP contribution in [0.2, 0.25) is 0 Å². The first-order valence-electron chi connectivity index (χ1n) is 9.63. The number of hydrogen-bond acceptors (Lipinski definition) is 0. The Bertz CT molecular complexity index is 495. The second-order valence-electron chi connectivity index (χ2n) is 7.98. The van der Waals surface area contributed by atoms with Crippen LogP contribution in [0, 0.1) is 23.1 Å². The van der Waals surface area contributed by atoms with Crippen LogP contribution in [0.3, 0.4) is 0 Å². The Morgan fingerprint density at radius 2 is 1.61 bits per heavy atom. The molecule has 1 spiro atoms. The lowest BCUT2D eigenvalue weighted by molar-refractivity contribution is 0.0821. The summed E-state index contributed by atoms with van der Waals surface area (Å²) in [4.78, 5) is 0. The molecule has 2 aliphatic rings. The summed E-state index contributed by atoms with van der Waals surface area (Å²) in [7, 11) is 0. The second kappa shape index (κ2) is 7.64. The lowest BCUT2D eigenvalue weighted by Crippen LogP contribution is -2.31. The summed E-state index contributed by atoms with van der Waals surface area (Å²) in [5.41, 5.74) is 1.80. The van der Waals surface area contributed by atoms with Gasteiger partial charge in [-0.25, -0.2) is 4.39 Å². The zero-order valence-corrected chi connectivity index (χ0v) is 14.6. The summed E-state index contributed by atoms with van der Waals surface area (Å²) in [5.74, 6) is 1.58. The minimum Gasteiger partial charge on any atom is -0.207 e. The van der Waals surface area contributed by atoms with E-state index < -0.39 is 0 Å². The van der Waals surface area contributed by atoms with Crippen molar-refractivity contribution in [2.24, 2.45) is 17.3 Å². The first-order valence-corrected chi connectivity index (χ1v) is 9.63. The Balaban J connectivity index is 1.48. The van der Waals surface area contributed by atoms with E-state index in [4.69, 9.17) is 0 Å². The van der Waals surface area contributed by atoms with Crippen LogP contribution in [-0.4, -0.2) is 0 Å². The molecule has 0 bridgehead atoms. The van der Waals surface area contributed by atoms with Crippen molar-refractivity contribution in [3.8, 4) is 0 Å². The van der Waals surface area contributed by atoms with Gasteiger partial charge in [-0.05, 0) is 86.3 Å². The molecule has 1 heteroatoms. The highest BCUT2D eigenvalue weighted by Crippen LogP contribution is 2.50. The quantitative estimate of drug-likeness (QED) is 0.561. The van der Waals surface area contributed by atoms with Gasteiger partial charge in [-0.3, -0.25) is 0 Å². The van der Waals surface area contributed by atoms with Crippen LogP contribution < -0.4 is 0 Å². The molecule has 2 saturated carbocycles. The molecule has 0 aromatic heterocycles. The first-order chi connectivity index (χ1) is 11.2. The van der Waals surface area contributed by atoms with Crippen molar-refractivity contribution in [2.75, 3.05) is 0 Å². The average Bonchev–Trinajstić information content (AvgIpc) is 2.58. The third-order valence-corrected chi connectivity index (χ3v) is 6.38. The van der Waals surface area contributed by atoms with E-state index in [1.807, 2.05) is 12.1 Å². The van der Waals surface area contributed by atoms with E-state index in [0.717, 1.165) is 17.4 Å². The van der Waals surface area contributed by atoms with Crippen LogP contribution >= 0.6 is 0 Å². The molecule has 2 aliphatic carbocycles. The third kappa shape index (κ3) is 4.46. The number of hydrogen-bond donors (Lipinski definition) is 0. The van der Waals surface area contributed by atoms with Crippen LogP contribution in [0.15, 0.2) is 30.3 Å². The molecule has 0 N–H and O–H groups in total. The summed E-state index contributed by atoms with van der Waals surface area (Å²) in [6.07, 6.45) is 18.8. The van der Waals surface area contributed by atoms with Gasteiger partial charge in [0.2, 0.25) is 0 Å². The van der Waals surface area contributed by atoms with E-state index in [1.54, 1.807) is 12.1 Å². The summed E-state index contributed by atoms with van der Waals surface area (Å²) in [6, 6.07) is 6.82. The van der Waals surface area contributed by atoms with E-state index >= 15 is 0 Å². The number of rotatable bonds is 4. The van der Waals surface area contributed by atoms with Gasteiger partial charge in [0, 0.05) is 0 Å². The zero-order valence-electron chi connectivity index (χ0n) is 14.6. The summed E-state index contributed by atoms with van der Waals surface area (Å²) < 4.78 is 12.9. The summed E-state index contributed by atoms with van der Waals surface area (Å²) in [6.45, 7) is 2.32. The van der Waals surface area contributed by atoms with Crippen molar-refractivity contribution < 1.29 is 4.39 Å². The van der Waals surface area contributed by atoms with E-state index in [9.17, 15) is 4.39 Å². The van der Waals surface area contributed by atoms with Gasteiger partial charge in [0.25, 0.3) is 0 Å². The minimum atomic E-state index is -0.152. The SMILES string of the molecule is CCCC1CCC2(CCC(C=Cc3ccc(F)cc3)CC2)CC1. The van der Waals surface area contributed by atoms with Gasteiger partial charge in [0.05, 0.1) is 0 Å². The summed E-state index contributed by atoms with van der Waals surface area (Å²) in [5, 5.41) is 0. The molecule has 1 aromatic rings. The maximum Gasteiger partial charge on any atom is 0.123 e. The molecule has 2 fully saturated rings. The van der Waals surface area contributed by atoms with E-state index in [2.05, 4.69) is 19.1 Å². The first kappa shape index (κ1) is 16.7. The number of halogens is 1. The van der Waals surface area contributed by atoms with Gasteiger partial charge in [0.15, 0.2) is 0 Å². The van der Waals surface area contributed by atoms with Gasteiger partial charge in [-0.1, -0.05) is 44.1 Å². The maximum absolute atomic E-state index is 12.9. The zero-order chi connectivity index (χ0) is 16.1. The highest BCUT2D eigenvalue weighted by molar-refractivity contribution is 5.49. The van der Waals surface area contributed by atoms with Crippen molar-refractivity contribution in [1.29, 1.82) is 0 Å². The minimum absolute atomic E-state index is 0.152. The van der Waals surface area contributed by atoms with E-state index in [0.29, 0.717) is 5.41 Å². The monoisotopic (exact) mass is 314 g/mol. The Hall–Kier alpha value is -1.11. The van der Waals surface area contributed by atoms with Crippen molar-refractivity contribution in [3.05, 3.63) is 41.7 Å². The molecule has 23 heavy (non-hydrogen) atoms. The maximum atomic E-state index is 12.9. The molecule has 0 unspecified atom stereocenters. The van der Waals surface area contributed by atoms with Gasteiger partial charge in [-0.2, -0.15) is 0 Å². The highest BCUT2D eigenvalue weighted by Gasteiger charge is 2.37. The predicted molar refractivity (Wildman–Crippen MR) is 96.7 cm³/mol. The van der Waals surface area contributed by atoms with Crippen LogP contribution in [-0.2, 0) is 0 Å². The van der Waals surface area contributed by atoms with Crippen molar-refractivity contribution in [3.63, 3.8) is 0 Å². The second-order valence-corrected chi connectivity index (χ2v) is 7.98. The Morgan fingerprint density at radius 3 is 2.22 bits per heavy atom. The van der Waals surface area contributed by atoms with E-state index in [1.165, 1.54) is 64.2 Å². The molecule has 0 aliphatic heterocycles. The molecule has 0 radical (unpaired) electrons. The molecule has 0 amide bonds. The fourth-order valence-electron chi connectivity index (χ4n) is 4.75. The highest BCUT2D eigenvalue weighted by atomic mass is 19.1. The van der Waals surface area contributed by atoms with Gasteiger partial charge in [0.1, 0.15) is 5.82 Å². The van der Waals surface area contributed by atoms with Crippen LogP contribution in [0.4, 0.5) is 4.39 Å². The average molecular weight is 314 g/mol. The van der Waals surface area contributed by atoms with Gasteiger partial charge >= 0.3 is 0 Å². The molecular formula is C22H31F. The molecule has 1 aromatic carbocycles. The standard InChI is InChI=1S/C22H31F/c1-2-3-18-10-14-22(15-11-18)16-12-20(13-17-22)5-4-19-6-8-21(23)9-7-19/h4-9,18,20H,2-3,10-17H2,1H3. The Labute approximate surface area is 141 Å². The topological polar surface area (TPSA) is 0 Å². The van der Waals surface area contributed by atoms with Crippen LogP contribution in [0.1, 0.15) is 76.7 Å². The Morgan fingerprint density at radius 1 is 1.00 bits per heavy atom. The van der Waals surface area contributed by atoms with Gasteiger partial charge < -0.3 is 0 Å². The van der Waals surface area contributed by atoms with Crippen LogP contribution in [0.25, 0.3) is 6.08 Å². The normalized spacial score (nSPS) is 31.7. The molecule has 3 rings (SSSR count). The van der Waals surface area contributed by atoms with Gasteiger partial charge in [-0.15, -0.1) is 0 Å². The lowest BCUT2D eigenvalue weighted by Gasteiger charge is -2.44. The molecule has 0 saturated heterocycles. The smallest absolute Gasteiger partial charge is 0.123 e. The number of allylic oxidation sites excluding steroid dienone is 1. The number of benzene rings is 1. The molecule has 0 heterocycles. The summed E-state index contributed by atoms with van der Waals surface area (Å²) >= 11 is 0. The van der Waals surface area contributed by atoms with Crippen molar-refractivity contribution in [1.82, 2.24) is 0 Å². The molecular weight excluding hydrogens is 283 g/mol. The molecule has 0 nitrogen and oxygen atoms in total. The lowest BCUT2D eigenvalue weighted by atomic mass is 9.61. The Kier molecular flexibility index (Phi) is 5.56.